The summed E-state index contributed by atoms with van der Waals surface area (Å²) < 4.78 is 11.3. The molecule has 5 aromatic rings. The van der Waals surface area contributed by atoms with Crippen LogP contribution in [-0.4, -0.2) is 35.4 Å². The fourth-order valence-corrected chi connectivity index (χ4v) is 5.81. The lowest BCUT2D eigenvalue weighted by atomic mass is 9.88. The molecule has 0 aliphatic rings. The number of hydrogen-bond acceptors (Lipinski definition) is 5. The average molecular weight is 656 g/mol. The van der Waals surface area contributed by atoms with Crippen LogP contribution in [0.4, 0.5) is 4.79 Å². The summed E-state index contributed by atoms with van der Waals surface area (Å²) in [5.41, 5.74) is 9.35. The number of carbonyl (C=O) groups excluding carboxylic acids is 3. The molecule has 8 nitrogen and oxygen atoms in total. The van der Waals surface area contributed by atoms with Gasteiger partial charge in [-0.3, -0.25) is 9.59 Å². The molecule has 0 aromatic heterocycles. The number of nitrogens with zero attached hydrogens (tertiary/aromatic N) is 1. The second-order valence-corrected chi connectivity index (χ2v) is 11.7. The topological polar surface area (TPSA) is 111 Å². The molecule has 49 heavy (non-hydrogen) atoms. The van der Waals surface area contributed by atoms with Crippen molar-refractivity contribution in [2.75, 3.05) is 6.54 Å². The van der Waals surface area contributed by atoms with Crippen LogP contribution < -0.4 is 15.8 Å². The van der Waals surface area contributed by atoms with Gasteiger partial charge in [-0.05, 0) is 66.3 Å². The fourth-order valence-electron chi connectivity index (χ4n) is 5.81. The Labute approximate surface area is 287 Å². The molecule has 0 radical (unpaired) electrons. The van der Waals surface area contributed by atoms with E-state index in [4.69, 9.17) is 15.2 Å². The molecule has 0 saturated heterocycles. The monoisotopic (exact) mass is 655 g/mol. The van der Waals surface area contributed by atoms with Crippen LogP contribution in [0.5, 0.6) is 11.5 Å². The highest BCUT2D eigenvalue weighted by Crippen LogP contribution is 2.34. The number of nitrogens with two attached hydrogens (primary N) is 1. The Morgan fingerprint density at radius 3 is 1.73 bits per heavy atom. The molecule has 0 aliphatic carbocycles. The number of benzene rings is 5. The first-order chi connectivity index (χ1) is 23.9. The number of nitrogens with one attached hydrogen (secondary N) is 1. The first-order valence-electron chi connectivity index (χ1n) is 16.4. The Morgan fingerprint density at radius 1 is 0.673 bits per heavy atom. The molecule has 0 aliphatic heterocycles. The van der Waals surface area contributed by atoms with Gasteiger partial charge in [0.25, 0.3) is 0 Å². The summed E-state index contributed by atoms with van der Waals surface area (Å²) in [6.07, 6.45) is 0.0535. The predicted octanol–water partition coefficient (Wildman–Crippen LogP) is 7.76. The van der Waals surface area contributed by atoms with Gasteiger partial charge >= 0.3 is 6.09 Å². The summed E-state index contributed by atoms with van der Waals surface area (Å²) in [6, 6.07) is 43.9. The molecule has 3 N–H and O–H groups in total. The number of alkyl carbamates (subject to hydrolysis) is 1. The van der Waals surface area contributed by atoms with Crippen LogP contribution in [0.2, 0.25) is 0 Å². The summed E-state index contributed by atoms with van der Waals surface area (Å²) in [6.45, 7) is 2.28. The number of primary amides is 1. The van der Waals surface area contributed by atoms with Crippen LogP contribution in [0, 0.1) is 0 Å². The van der Waals surface area contributed by atoms with Gasteiger partial charge < -0.3 is 25.4 Å². The van der Waals surface area contributed by atoms with Crippen LogP contribution in [0.15, 0.2) is 146 Å². The number of ether oxygens (including phenoxy) is 2. The molecule has 8 heteroatoms. The minimum Gasteiger partial charge on any atom is -0.457 e. The Balaban J connectivity index is 1.38. The Hall–Kier alpha value is -5.89. The third-order valence-electron chi connectivity index (χ3n) is 8.33. The van der Waals surface area contributed by atoms with Crippen molar-refractivity contribution in [3.8, 4) is 11.5 Å². The van der Waals surface area contributed by atoms with Crippen molar-refractivity contribution in [3.63, 3.8) is 0 Å². The molecule has 5 rings (SSSR count). The second kappa shape index (κ2) is 17.3. The van der Waals surface area contributed by atoms with E-state index in [0.717, 1.165) is 22.3 Å². The van der Waals surface area contributed by atoms with Crippen molar-refractivity contribution in [3.05, 3.63) is 168 Å². The summed E-state index contributed by atoms with van der Waals surface area (Å²) >= 11 is 0. The van der Waals surface area contributed by atoms with E-state index in [2.05, 4.69) is 5.32 Å². The van der Waals surface area contributed by atoms with E-state index in [9.17, 15) is 14.4 Å². The van der Waals surface area contributed by atoms with E-state index in [1.807, 2.05) is 153 Å². The molecule has 0 bridgehead atoms. The highest BCUT2D eigenvalue weighted by Gasteiger charge is 2.37. The number of amides is 3. The number of carbonyl (C=O) groups is 3. The van der Waals surface area contributed by atoms with E-state index in [0.29, 0.717) is 17.9 Å². The van der Waals surface area contributed by atoms with E-state index in [-0.39, 0.29) is 25.5 Å². The van der Waals surface area contributed by atoms with Gasteiger partial charge in [-0.1, -0.05) is 121 Å². The smallest absolute Gasteiger partial charge is 0.407 e. The Morgan fingerprint density at radius 2 is 1.18 bits per heavy atom. The normalized spacial score (nSPS) is 12.0. The van der Waals surface area contributed by atoms with Crippen molar-refractivity contribution in [2.24, 2.45) is 5.73 Å². The van der Waals surface area contributed by atoms with Gasteiger partial charge in [0.2, 0.25) is 11.8 Å². The maximum atomic E-state index is 14.9. The van der Waals surface area contributed by atoms with Gasteiger partial charge in [0, 0.05) is 6.54 Å². The molecule has 0 heterocycles. The lowest BCUT2D eigenvalue weighted by Gasteiger charge is -2.38. The molecule has 5 aromatic carbocycles. The summed E-state index contributed by atoms with van der Waals surface area (Å²) in [4.78, 5) is 42.1. The zero-order valence-electron chi connectivity index (χ0n) is 27.5. The molecule has 0 spiro atoms. The van der Waals surface area contributed by atoms with Gasteiger partial charge in [-0.15, -0.1) is 0 Å². The van der Waals surface area contributed by atoms with Crippen LogP contribution >= 0.6 is 0 Å². The zero-order chi connectivity index (χ0) is 34.4. The Kier molecular flexibility index (Phi) is 12.2. The lowest BCUT2D eigenvalue weighted by Crippen LogP contribution is -2.51. The van der Waals surface area contributed by atoms with Crippen molar-refractivity contribution >= 4 is 17.9 Å². The van der Waals surface area contributed by atoms with E-state index in [1.165, 1.54) is 0 Å². The van der Waals surface area contributed by atoms with Crippen molar-refractivity contribution in [1.29, 1.82) is 0 Å². The van der Waals surface area contributed by atoms with Gasteiger partial charge in [-0.25, -0.2) is 4.79 Å². The molecule has 250 valence electrons. The quantitative estimate of drug-likeness (QED) is 0.112. The summed E-state index contributed by atoms with van der Waals surface area (Å²) in [5.74, 6) is -0.217. The van der Waals surface area contributed by atoms with Crippen molar-refractivity contribution < 1.29 is 23.9 Å². The number of rotatable bonds is 15. The maximum absolute atomic E-state index is 14.9. The van der Waals surface area contributed by atoms with Crippen molar-refractivity contribution in [2.45, 2.75) is 44.4 Å². The maximum Gasteiger partial charge on any atom is 0.407 e. The number of para-hydroxylation sites is 1. The molecule has 3 amide bonds. The SMILES string of the molecule is C[C@H](c1ccc(Oc2ccccc2)cc1)N(C(=O)C(c1ccccc1)c1ccccc1)[C@H](CCCNC(=O)OCc1ccccc1)C(N)=O. The molecular weight excluding hydrogens is 614 g/mol. The molecular formula is C41H41N3O5. The lowest BCUT2D eigenvalue weighted by molar-refractivity contribution is -0.142. The van der Waals surface area contributed by atoms with E-state index in [1.54, 1.807) is 4.90 Å². The third kappa shape index (κ3) is 9.58. The third-order valence-corrected chi connectivity index (χ3v) is 8.33. The number of hydrogen-bond donors (Lipinski definition) is 2. The minimum atomic E-state index is -0.959. The average Bonchev–Trinajstić information content (AvgIpc) is 3.14. The highest BCUT2D eigenvalue weighted by atomic mass is 16.5. The van der Waals surface area contributed by atoms with Crippen LogP contribution in [-0.2, 0) is 20.9 Å². The van der Waals surface area contributed by atoms with Crippen LogP contribution in [0.25, 0.3) is 0 Å². The van der Waals surface area contributed by atoms with E-state index >= 15 is 0 Å². The zero-order valence-corrected chi connectivity index (χ0v) is 27.5. The molecule has 0 unspecified atom stereocenters. The summed E-state index contributed by atoms with van der Waals surface area (Å²) in [7, 11) is 0. The highest BCUT2D eigenvalue weighted by molar-refractivity contribution is 5.92. The van der Waals surface area contributed by atoms with Gasteiger partial charge in [0.15, 0.2) is 0 Å². The Bertz CT molecular complexity index is 1730. The predicted molar refractivity (Wildman–Crippen MR) is 190 cm³/mol. The minimum absolute atomic E-state index is 0.145. The summed E-state index contributed by atoms with van der Waals surface area (Å²) in [5, 5.41) is 2.75. The second-order valence-electron chi connectivity index (χ2n) is 11.7. The van der Waals surface area contributed by atoms with Crippen molar-refractivity contribution in [1.82, 2.24) is 10.2 Å². The van der Waals surface area contributed by atoms with Gasteiger partial charge in [0.1, 0.15) is 24.1 Å². The molecule has 0 saturated carbocycles. The first-order valence-corrected chi connectivity index (χ1v) is 16.4. The van der Waals surface area contributed by atoms with Gasteiger partial charge in [0.05, 0.1) is 12.0 Å². The fraction of sp³-hybridized carbons (Fsp3) is 0.195. The molecule has 2 atom stereocenters. The van der Waals surface area contributed by atoms with Gasteiger partial charge in [-0.2, -0.15) is 0 Å². The van der Waals surface area contributed by atoms with E-state index < -0.39 is 30.0 Å². The van der Waals surface area contributed by atoms with Crippen LogP contribution in [0.1, 0.15) is 54.0 Å². The largest absolute Gasteiger partial charge is 0.457 e. The van der Waals surface area contributed by atoms with Crippen LogP contribution in [0.3, 0.4) is 0 Å². The first kappa shape index (κ1) is 34.4. The molecule has 0 fully saturated rings. The standard InChI is InChI=1S/C41H41N3O5/c1-30(32-24-26-36(27-25-32)49-35-21-12-5-13-22-35)44(40(46)38(33-17-8-3-9-18-33)34-19-10-4-11-20-34)37(39(42)45)23-14-28-43-41(47)48-29-31-15-6-2-7-16-31/h2-13,15-22,24-27,30,37-38H,14,23,28-29H2,1H3,(H2,42,45)(H,43,47)/t30-,37-/m1/s1.